The molecule has 0 aromatic carbocycles. The molecule has 0 bridgehead atoms. The largest absolute Gasteiger partial charge is 0.481 e. The zero-order valence-corrected chi connectivity index (χ0v) is 13.4. The van der Waals surface area contributed by atoms with Gasteiger partial charge in [-0.15, -0.1) is 0 Å². The highest BCUT2D eigenvalue weighted by molar-refractivity contribution is 5.38. The van der Waals surface area contributed by atoms with Crippen LogP contribution in [0.3, 0.4) is 0 Å². The predicted molar refractivity (Wildman–Crippen MR) is 83.3 cm³/mol. The van der Waals surface area contributed by atoms with Crippen molar-refractivity contribution < 1.29 is 9.47 Å². The Kier molecular flexibility index (Phi) is 5.61. The summed E-state index contributed by atoms with van der Waals surface area (Å²) in [6.07, 6.45) is 3.75. The first-order valence-electron chi connectivity index (χ1n) is 7.61. The molecule has 118 valence electrons. The molecule has 2 heterocycles. The Hall–Kier alpha value is -1.56. The molecule has 6 heteroatoms. The van der Waals surface area contributed by atoms with Gasteiger partial charge >= 0.3 is 0 Å². The molecule has 0 amide bonds. The molecule has 2 rings (SSSR count). The van der Waals surface area contributed by atoms with Crippen molar-refractivity contribution in [2.45, 2.75) is 45.2 Å². The maximum atomic E-state index is 5.24. The molecule has 1 aliphatic rings. The molecule has 0 radical (unpaired) electrons. The molecule has 1 aromatic rings. The van der Waals surface area contributed by atoms with E-state index < -0.39 is 0 Å². The molecule has 21 heavy (non-hydrogen) atoms. The number of anilines is 1. The maximum Gasteiger partial charge on any atom is 0.232 e. The summed E-state index contributed by atoms with van der Waals surface area (Å²) in [6.45, 7) is 6.29. The molecule has 0 saturated carbocycles. The smallest absolute Gasteiger partial charge is 0.232 e. The van der Waals surface area contributed by atoms with E-state index in [2.05, 4.69) is 34.0 Å². The summed E-state index contributed by atoms with van der Waals surface area (Å²) in [6, 6.07) is 2.49. The molecular formula is C15H26N4O2. The highest BCUT2D eigenvalue weighted by Gasteiger charge is 2.22. The highest BCUT2D eigenvalue weighted by atomic mass is 16.5. The van der Waals surface area contributed by atoms with Crippen molar-refractivity contribution in [3.8, 4) is 11.8 Å². The Morgan fingerprint density at radius 3 is 2.38 bits per heavy atom. The van der Waals surface area contributed by atoms with Crippen molar-refractivity contribution in [1.29, 1.82) is 0 Å². The van der Waals surface area contributed by atoms with E-state index in [4.69, 9.17) is 9.47 Å². The van der Waals surface area contributed by atoms with Gasteiger partial charge in [0.2, 0.25) is 17.7 Å². The summed E-state index contributed by atoms with van der Waals surface area (Å²) in [4.78, 5) is 11.1. The zero-order chi connectivity index (χ0) is 15.2. The minimum absolute atomic E-state index is 0.311. The van der Waals surface area contributed by atoms with Gasteiger partial charge in [0.25, 0.3) is 0 Å². The minimum atomic E-state index is 0.311. The molecule has 1 aliphatic heterocycles. The van der Waals surface area contributed by atoms with Crippen molar-refractivity contribution in [1.82, 2.24) is 15.3 Å². The second-order valence-electron chi connectivity index (χ2n) is 5.65. The van der Waals surface area contributed by atoms with Crippen LogP contribution in [0.4, 0.5) is 5.95 Å². The first-order valence-corrected chi connectivity index (χ1v) is 7.61. The van der Waals surface area contributed by atoms with Crippen molar-refractivity contribution in [2.75, 3.05) is 32.2 Å². The number of methoxy groups -OCH3 is 2. The quantitative estimate of drug-likeness (QED) is 0.864. The topological polar surface area (TPSA) is 59.5 Å². The van der Waals surface area contributed by atoms with Gasteiger partial charge in [0.15, 0.2) is 0 Å². The Labute approximate surface area is 126 Å². The lowest BCUT2D eigenvalue weighted by atomic mass is 10.0. The van der Waals surface area contributed by atoms with Crippen LogP contribution in [0, 0.1) is 0 Å². The van der Waals surface area contributed by atoms with Crippen LogP contribution in [-0.2, 0) is 0 Å². The van der Waals surface area contributed by atoms with Crippen LogP contribution in [0.5, 0.6) is 11.8 Å². The fourth-order valence-electron chi connectivity index (χ4n) is 2.57. The highest BCUT2D eigenvalue weighted by Crippen LogP contribution is 2.22. The summed E-state index contributed by atoms with van der Waals surface area (Å²) in [7, 11) is 3.21. The third kappa shape index (κ3) is 4.20. The lowest BCUT2D eigenvalue weighted by molar-refractivity contribution is 0.366. The molecular weight excluding hydrogens is 268 g/mol. The van der Waals surface area contributed by atoms with Gasteiger partial charge in [-0.3, -0.25) is 0 Å². The molecule has 1 N–H and O–H groups in total. The molecule has 0 aliphatic carbocycles. The van der Waals surface area contributed by atoms with Crippen LogP contribution in [0.1, 0.15) is 33.1 Å². The zero-order valence-electron chi connectivity index (χ0n) is 13.4. The van der Waals surface area contributed by atoms with Gasteiger partial charge in [-0.05, 0) is 33.2 Å². The Morgan fingerprint density at radius 2 is 1.90 bits per heavy atom. The van der Waals surface area contributed by atoms with E-state index in [1.54, 1.807) is 20.3 Å². The lowest BCUT2D eigenvalue weighted by Crippen LogP contribution is -2.46. The summed E-state index contributed by atoms with van der Waals surface area (Å²) < 4.78 is 10.5. The molecule has 6 nitrogen and oxygen atoms in total. The van der Waals surface area contributed by atoms with Crippen LogP contribution < -0.4 is 19.7 Å². The normalized spacial score (nSPS) is 18.6. The van der Waals surface area contributed by atoms with Gasteiger partial charge in [0, 0.05) is 18.6 Å². The first-order chi connectivity index (χ1) is 10.1. The van der Waals surface area contributed by atoms with E-state index in [9.17, 15) is 0 Å². The van der Waals surface area contributed by atoms with Crippen LogP contribution in [0.15, 0.2) is 6.07 Å². The fourth-order valence-corrected chi connectivity index (χ4v) is 2.57. The second-order valence-corrected chi connectivity index (χ2v) is 5.65. The predicted octanol–water partition coefficient (Wildman–Crippen LogP) is 1.85. The molecule has 0 spiro atoms. The number of nitrogens with zero attached hydrogens (tertiary/aromatic N) is 3. The SMILES string of the molecule is COc1cc(OC)nc(N(CC2CCCCN2)C(C)C)n1. The fraction of sp³-hybridized carbons (Fsp3) is 0.733. The lowest BCUT2D eigenvalue weighted by Gasteiger charge is -2.33. The van der Waals surface area contributed by atoms with Crippen LogP contribution in [-0.4, -0.2) is 49.4 Å². The van der Waals surface area contributed by atoms with Gasteiger partial charge in [0.05, 0.1) is 20.3 Å². The van der Waals surface area contributed by atoms with E-state index in [1.807, 2.05) is 0 Å². The van der Waals surface area contributed by atoms with Crippen LogP contribution >= 0.6 is 0 Å². The Bertz CT molecular complexity index is 425. The number of hydrogen-bond acceptors (Lipinski definition) is 6. The average molecular weight is 294 g/mol. The molecule has 1 saturated heterocycles. The van der Waals surface area contributed by atoms with Gasteiger partial charge < -0.3 is 19.7 Å². The van der Waals surface area contributed by atoms with E-state index in [1.165, 1.54) is 19.3 Å². The van der Waals surface area contributed by atoms with Gasteiger partial charge in [-0.2, -0.15) is 9.97 Å². The number of piperidine rings is 1. The Balaban J connectivity index is 2.20. The van der Waals surface area contributed by atoms with E-state index in [0.29, 0.717) is 29.8 Å². The average Bonchev–Trinajstić information content (AvgIpc) is 2.52. The molecule has 1 atom stereocenters. The standard InChI is InChI=1S/C15H26N4O2/c1-11(2)19(10-12-7-5-6-8-16-12)15-17-13(20-3)9-14(18-15)21-4/h9,11-12,16H,5-8,10H2,1-4H3. The summed E-state index contributed by atoms with van der Waals surface area (Å²) in [5.74, 6) is 1.71. The van der Waals surface area contributed by atoms with Gasteiger partial charge in [-0.1, -0.05) is 6.42 Å². The maximum absolute atomic E-state index is 5.24. The third-order valence-electron chi connectivity index (χ3n) is 3.80. The summed E-state index contributed by atoms with van der Waals surface area (Å²) >= 11 is 0. The van der Waals surface area contributed by atoms with Crippen molar-refractivity contribution in [2.24, 2.45) is 0 Å². The monoisotopic (exact) mass is 294 g/mol. The molecule has 1 fully saturated rings. The summed E-state index contributed by atoms with van der Waals surface area (Å²) in [5, 5.41) is 3.57. The second kappa shape index (κ2) is 7.45. The van der Waals surface area contributed by atoms with E-state index >= 15 is 0 Å². The number of ether oxygens (including phenoxy) is 2. The number of rotatable bonds is 6. The first kappa shape index (κ1) is 15.8. The van der Waals surface area contributed by atoms with Gasteiger partial charge in [-0.25, -0.2) is 0 Å². The van der Waals surface area contributed by atoms with E-state index in [-0.39, 0.29) is 0 Å². The molecule has 1 unspecified atom stereocenters. The third-order valence-corrected chi connectivity index (χ3v) is 3.80. The number of hydrogen-bond donors (Lipinski definition) is 1. The Morgan fingerprint density at radius 1 is 1.24 bits per heavy atom. The molecule has 1 aromatic heterocycles. The number of aromatic nitrogens is 2. The van der Waals surface area contributed by atoms with Gasteiger partial charge in [0.1, 0.15) is 0 Å². The number of nitrogens with one attached hydrogen (secondary N) is 1. The van der Waals surface area contributed by atoms with Crippen LogP contribution in [0.25, 0.3) is 0 Å². The van der Waals surface area contributed by atoms with Crippen molar-refractivity contribution >= 4 is 5.95 Å². The van der Waals surface area contributed by atoms with Crippen LogP contribution in [0.2, 0.25) is 0 Å². The summed E-state index contributed by atoms with van der Waals surface area (Å²) in [5.41, 5.74) is 0. The van der Waals surface area contributed by atoms with Crippen molar-refractivity contribution in [3.05, 3.63) is 6.07 Å². The van der Waals surface area contributed by atoms with Crippen molar-refractivity contribution in [3.63, 3.8) is 0 Å². The minimum Gasteiger partial charge on any atom is -0.481 e. The van der Waals surface area contributed by atoms with E-state index in [0.717, 1.165) is 13.1 Å².